The number of hydrogen-bond acceptors (Lipinski definition) is 5. The Morgan fingerprint density at radius 2 is 1.52 bits per heavy atom. The third-order valence-electron chi connectivity index (χ3n) is 4.95. The van der Waals surface area contributed by atoms with Crippen molar-refractivity contribution in [2.75, 3.05) is 6.61 Å². The van der Waals surface area contributed by atoms with Crippen LogP contribution in [0, 0.1) is 0 Å². The Morgan fingerprint density at radius 3 is 2.16 bits per heavy atom. The number of benzene rings is 3. The normalized spacial score (nSPS) is 16.6. The highest BCUT2D eigenvalue weighted by Crippen LogP contribution is 2.26. The van der Waals surface area contributed by atoms with Crippen molar-refractivity contribution in [3.05, 3.63) is 96.1 Å². The van der Waals surface area contributed by atoms with E-state index in [2.05, 4.69) is 17.4 Å². The van der Waals surface area contributed by atoms with Crippen LogP contribution in [0.1, 0.15) is 23.7 Å². The van der Waals surface area contributed by atoms with E-state index in [0.29, 0.717) is 19.4 Å². The summed E-state index contributed by atoms with van der Waals surface area (Å²) in [5, 5.41) is 1.68. The molecule has 3 aromatic rings. The van der Waals surface area contributed by atoms with Crippen molar-refractivity contribution in [3.63, 3.8) is 0 Å². The fourth-order valence-electron chi connectivity index (χ4n) is 3.37. The van der Waals surface area contributed by atoms with Gasteiger partial charge in [0.2, 0.25) is 5.91 Å². The van der Waals surface area contributed by atoms with Crippen LogP contribution in [0.2, 0.25) is 0 Å². The van der Waals surface area contributed by atoms with Crippen molar-refractivity contribution in [2.45, 2.75) is 24.2 Å². The van der Waals surface area contributed by atoms with Crippen LogP contribution in [-0.4, -0.2) is 23.0 Å². The van der Waals surface area contributed by atoms with E-state index < -0.39 is 0 Å². The van der Waals surface area contributed by atoms with Crippen molar-refractivity contribution in [1.29, 1.82) is 0 Å². The SMILES string of the molecule is O=C1NC(=O)C(Cc2ccc(OCC[C@H](Oc3ccccc3)c3ccccc3)cc2)S1. The molecule has 1 unspecified atom stereocenters. The molecule has 1 N–H and O–H groups in total. The highest BCUT2D eigenvalue weighted by Gasteiger charge is 2.31. The number of hydrogen-bond donors (Lipinski definition) is 1. The predicted octanol–water partition coefficient (Wildman–Crippen LogP) is 5.17. The van der Waals surface area contributed by atoms with Gasteiger partial charge >= 0.3 is 0 Å². The van der Waals surface area contributed by atoms with Crippen LogP contribution in [0.4, 0.5) is 4.79 Å². The van der Waals surface area contributed by atoms with E-state index in [9.17, 15) is 9.59 Å². The smallest absolute Gasteiger partial charge is 0.286 e. The average Bonchev–Trinajstić information content (AvgIpc) is 3.12. The van der Waals surface area contributed by atoms with Crippen LogP contribution in [0.3, 0.4) is 0 Å². The maximum Gasteiger partial charge on any atom is 0.286 e. The first-order chi connectivity index (χ1) is 15.2. The van der Waals surface area contributed by atoms with Crippen LogP contribution in [0.25, 0.3) is 0 Å². The number of amides is 2. The van der Waals surface area contributed by atoms with Gasteiger partial charge < -0.3 is 9.47 Å². The number of thioether (sulfide) groups is 1. The lowest BCUT2D eigenvalue weighted by molar-refractivity contribution is -0.118. The molecule has 0 bridgehead atoms. The van der Waals surface area contributed by atoms with Crippen LogP contribution in [-0.2, 0) is 11.2 Å². The summed E-state index contributed by atoms with van der Waals surface area (Å²) in [7, 11) is 0. The van der Waals surface area contributed by atoms with E-state index in [1.54, 1.807) is 0 Å². The molecule has 1 aliphatic rings. The summed E-state index contributed by atoms with van der Waals surface area (Å²) in [4.78, 5) is 23.0. The number of para-hydroxylation sites is 1. The summed E-state index contributed by atoms with van der Waals surface area (Å²) in [6.07, 6.45) is 1.10. The first kappa shape index (κ1) is 21.0. The molecular formula is C25H23NO4S. The molecule has 3 aromatic carbocycles. The molecule has 0 saturated carbocycles. The monoisotopic (exact) mass is 433 g/mol. The summed E-state index contributed by atoms with van der Waals surface area (Å²) in [5.41, 5.74) is 2.09. The molecule has 1 heterocycles. The highest BCUT2D eigenvalue weighted by atomic mass is 32.2. The Kier molecular flexibility index (Phi) is 6.89. The molecule has 1 saturated heterocycles. The molecule has 4 rings (SSSR count). The minimum Gasteiger partial charge on any atom is -0.493 e. The summed E-state index contributed by atoms with van der Waals surface area (Å²) < 4.78 is 12.1. The van der Waals surface area contributed by atoms with Gasteiger partial charge in [0.05, 0.1) is 11.9 Å². The van der Waals surface area contributed by atoms with Gasteiger partial charge in [-0.2, -0.15) is 0 Å². The zero-order valence-electron chi connectivity index (χ0n) is 16.9. The van der Waals surface area contributed by atoms with Crippen LogP contribution < -0.4 is 14.8 Å². The van der Waals surface area contributed by atoms with Gasteiger partial charge in [-0.1, -0.05) is 72.4 Å². The Hall–Kier alpha value is -3.25. The van der Waals surface area contributed by atoms with Crippen LogP contribution >= 0.6 is 11.8 Å². The predicted molar refractivity (Wildman–Crippen MR) is 121 cm³/mol. The summed E-state index contributed by atoms with van der Waals surface area (Å²) in [6, 6.07) is 27.6. The van der Waals surface area contributed by atoms with Gasteiger partial charge in [0.15, 0.2) is 0 Å². The molecule has 2 atom stereocenters. The van der Waals surface area contributed by atoms with E-state index >= 15 is 0 Å². The van der Waals surface area contributed by atoms with Gasteiger partial charge in [-0.3, -0.25) is 14.9 Å². The molecule has 0 aliphatic carbocycles. The van der Waals surface area contributed by atoms with Crippen molar-refractivity contribution < 1.29 is 19.1 Å². The van der Waals surface area contributed by atoms with E-state index in [-0.39, 0.29) is 22.5 Å². The molecule has 1 aliphatic heterocycles. The average molecular weight is 434 g/mol. The zero-order valence-corrected chi connectivity index (χ0v) is 17.7. The van der Waals surface area contributed by atoms with Crippen LogP contribution in [0.5, 0.6) is 11.5 Å². The number of nitrogens with one attached hydrogen (secondary N) is 1. The van der Waals surface area contributed by atoms with Gasteiger partial charge in [0.1, 0.15) is 17.6 Å². The van der Waals surface area contributed by atoms with Crippen LogP contribution in [0.15, 0.2) is 84.9 Å². The molecule has 0 spiro atoms. The lowest BCUT2D eigenvalue weighted by Crippen LogP contribution is -2.25. The Balaban J connectivity index is 1.33. The second-order valence-corrected chi connectivity index (χ2v) is 8.37. The number of carbonyl (C=O) groups excluding carboxylic acids is 2. The lowest BCUT2D eigenvalue weighted by Gasteiger charge is -2.20. The van der Waals surface area contributed by atoms with E-state index in [4.69, 9.17) is 9.47 Å². The van der Waals surface area contributed by atoms with Crippen molar-refractivity contribution in [2.24, 2.45) is 0 Å². The first-order valence-electron chi connectivity index (χ1n) is 10.2. The first-order valence-corrected chi connectivity index (χ1v) is 11.1. The zero-order chi connectivity index (χ0) is 21.5. The van der Waals surface area contributed by atoms with Gasteiger partial charge in [-0.25, -0.2) is 0 Å². The number of carbonyl (C=O) groups is 2. The van der Waals surface area contributed by atoms with Crippen molar-refractivity contribution in [1.82, 2.24) is 5.32 Å². The van der Waals surface area contributed by atoms with Gasteiger partial charge in [0.25, 0.3) is 5.24 Å². The standard InChI is InChI=1S/C25H23NO4S/c27-24-23(31-25(28)26-24)17-18-11-13-20(14-12-18)29-16-15-22(19-7-3-1-4-8-19)30-21-9-5-2-6-10-21/h1-14,22-23H,15-17H2,(H,26,27,28)/t22-,23?/m0/s1. The third-order valence-corrected chi connectivity index (χ3v) is 5.93. The third kappa shape index (κ3) is 5.89. The molecule has 158 valence electrons. The van der Waals surface area contributed by atoms with Gasteiger partial charge in [0, 0.05) is 6.42 Å². The summed E-state index contributed by atoms with van der Waals surface area (Å²) in [5.74, 6) is 1.36. The number of ether oxygens (including phenoxy) is 2. The second-order valence-electron chi connectivity index (χ2n) is 7.20. The van der Waals surface area contributed by atoms with E-state index in [1.807, 2.05) is 72.8 Å². The number of rotatable bonds is 9. The second kappa shape index (κ2) is 10.2. The molecule has 2 amide bonds. The molecule has 0 radical (unpaired) electrons. The molecule has 5 nitrogen and oxygen atoms in total. The fourth-order valence-corrected chi connectivity index (χ4v) is 4.23. The molecule has 0 aromatic heterocycles. The summed E-state index contributed by atoms with van der Waals surface area (Å²) >= 11 is 1.04. The maximum atomic E-state index is 11.7. The fraction of sp³-hybridized carbons (Fsp3) is 0.200. The molecular weight excluding hydrogens is 410 g/mol. The minimum atomic E-state index is -0.360. The Bertz CT molecular complexity index is 1010. The number of imide groups is 1. The largest absolute Gasteiger partial charge is 0.493 e. The highest BCUT2D eigenvalue weighted by molar-refractivity contribution is 8.15. The molecule has 31 heavy (non-hydrogen) atoms. The van der Waals surface area contributed by atoms with Crippen molar-refractivity contribution in [3.8, 4) is 11.5 Å². The maximum absolute atomic E-state index is 11.7. The lowest BCUT2D eigenvalue weighted by atomic mass is 10.1. The van der Waals surface area contributed by atoms with E-state index in [1.165, 1.54) is 0 Å². The van der Waals surface area contributed by atoms with Gasteiger partial charge in [-0.15, -0.1) is 0 Å². The minimum absolute atomic E-state index is 0.113. The quantitative estimate of drug-likeness (QED) is 0.504. The Labute approximate surface area is 185 Å². The molecule has 1 fully saturated rings. The van der Waals surface area contributed by atoms with Gasteiger partial charge in [-0.05, 0) is 41.8 Å². The van der Waals surface area contributed by atoms with E-state index in [0.717, 1.165) is 34.4 Å². The molecule has 6 heteroatoms. The topological polar surface area (TPSA) is 64.6 Å². The Morgan fingerprint density at radius 1 is 0.839 bits per heavy atom. The van der Waals surface area contributed by atoms with Crippen molar-refractivity contribution >= 4 is 22.9 Å². The summed E-state index contributed by atoms with van der Waals surface area (Å²) in [6.45, 7) is 0.501.